The topological polar surface area (TPSA) is 184 Å². The van der Waals surface area contributed by atoms with Crippen molar-refractivity contribution in [3.05, 3.63) is 164 Å². The van der Waals surface area contributed by atoms with Gasteiger partial charge < -0.3 is 32.7 Å². The summed E-state index contributed by atoms with van der Waals surface area (Å²) in [5, 5.41) is 9.52. The Morgan fingerprint density at radius 2 is 1.32 bits per heavy atom. The molecule has 1 saturated heterocycles. The molecule has 16 nitrogen and oxygen atoms in total. The van der Waals surface area contributed by atoms with Crippen LogP contribution in [0.1, 0.15) is 77.8 Å². The van der Waals surface area contributed by atoms with E-state index >= 15 is 0 Å². The Balaban J connectivity index is 1.34. The number of nitrogens with one attached hydrogen (secondary N) is 1. The lowest BCUT2D eigenvalue weighted by molar-refractivity contribution is -0.0978. The summed E-state index contributed by atoms with van der Waals surface area (Å²) in [6, 6.07) is 34.6. The second-order valence-corrected chi connectivity index (χ2v) is 17.6. The summed E-state index contributed by atoms with van der Waals surface area (Å²) in [6.45, 7) is 7.61. The molecule has 0 aliphatic carbocycles. The Hall–Kier alpha value is -6.02. The highest BCUT2D eigenvalue weighted by atomic mass is 31.2. The fraction of sp³-hybridized carbons (Fsp3) is 0.367. The van der Waals surface area contributed by atoms with E-state index in [0.717, 1.165) is 21.6 Å². The number of aromatic nitrogens is 2. The summed E-state index contributed by atoms with van der Waals surface area (Å²) >= 11 is 0. The van der Waals surface area contributed by atoms with Gasteiger partial charge in [-0.05, 0) is 80.8 Å². The van der Waals surface area contributed by atoms with Crippen molar-refractivity contribution < 1.29 is 42.3 Å². The number of fused-ring (bicyclic) bond motifs is 1. The fourth-order valence-electron chi connectivity index (χ4n) is 8.40. The molecular formula is C49H54N5O11P. The number of hydrogen-bond acceptors (Lipinski definition) is 13. The maximum Gasteiger partial charge on any atom is 0.330 e. The average Bonchev–Trinajstić information content (AvgIpc) is 3.78. The Morgan fingerprint density at radius 3 is 1.85 bits per heavy atom. The number of carbonyl (C=O) groups excluding carboxylic acids is 2. The van der Waals surface area contributed by atoms with Gasteiger partial charge in [0.1, 0.15) is 35.4 Å². The number of rotatable bonds is 21. The first-order valence-electron chi connectivity index (χ1n) is 21.7. The Bertz CT molecular complexity index is 2510. The molecule has 2 aliphatic rings. The van der Waals surface area contributed by atoms with E-state index in [-0.39, 0.29) is 44.9 Å². The van der Waals surface area contributed by atoms with E-state index in [1.165, 1.54) is 16.8 Å². The first-order chi connectivity index (χ1) is 31.9. The predicted molar refractivity (Wildman–Crippen MR) is 245 cm³/mol. The molecule has 0 bridgehead atoms. The van der Waals surface area contributed by atoms with Crippen molar-refractivity contribution in [1.29, 1.82) is 5.26 Å². The van der Waals surface area contributed by atoms with E-state index in [4.69, 9.17) is 32.7 Å². The molecule has 2 amide bonds. The van der Waals surface area contributed by atoms with Crippen LogP contribution >= 0.6 is 8.53 Å². The van der Waals surface area contributed by atoms with Gasteiger partial charge in [0.05, 0.1) is 64.2 Å². The first-order valence-corrected chi connectivity index (χ1v) is 22.8. The molecule has 66 heavy (non-hydrogen) atoms. The Morgan fingerprint density at radius 1 is 0.758 bits per heavy atom. The van der Waals surface area contributed by atoms with Crippen molar-refractivity contribution in [3.63, 3.8) is 0 Å². The van der Waals surface area contributed by atoms with E-state index in [2.05, 4.69) is 15.7 Å². The highest BCUT2D eigenvalue weighted by Gasteiger charge is 2.52. The molecule has 5 aromatic rings. The number of benzene rings is 4. The minimum atomic E-state index is -1.96. The summed E-state index contributed by atoms with van der Waals surface area (Å²) in [5.41, 5.74) is 0.201. The highest BCUT2D eigenvalue weighted by Crippen LogP contribution is 2.51. The van der Waals surface area contributed by atoms with Crippen molar-refractivity contribution in [2.45, 2.75) is 76.3 Å². The zero-order valence-corrected chi connectivity index (χ0v) is 38.6. The zero-order chi connectivity index (χ0) is 47.0. The molecule has 0 saturated carbocycles. The van der Waals surface area contributed by atoms with Crippen molar-refractivity contribution in [2.24, 2.45) is 0 Å². The van der Waals surface area contributed by atoms with Gasteiger partial charge in [-0.3, -0.25) is 28.8 Å². The molecule has 4 aromatic carbocycles. The summed E-state index contributed by atoms with van der Waals surface area (Å²) in [4.78, 5) is 56.4. The molecule has 1 fully saturated rings. The molecule has 17 heteroatoms. The average molecular weight is 920 g/mol. The van der Waals surface area contributed by atoms with Gasteiger partial charge in [-0.2, -0.15) is 5.26 Å². The van der Waals surface area contributed by atoms with Gasteiger partial charge in [-0.25, -0.2) is 9.46 Å². The van der Waals surface area contributed by atoms with Crippen LogP contribution in [0.5, 0.6) is 11.5 Å². The minimum Gasteiger partial charge on any atom is -0.497 e. The molecule has 5 atom stereocenters. The van der Waals surface area contributed by atoms with Crippen molar-refractivity contribution >= 4 is 20.3 Å². The molecule has 2 aliphatic heterocycles. The van der Waals surface area contributed by atoms with Crippen LogP contribution in [0.3, 0.4) is 0 Å². The van der Waals surface area contributed by atoms with Crippen LogP contribution in [-0.4, -0.2) is 102 Å². The van der Waals surface area contributed by atoms with E-state index in [1.807, 2.05) is 107 Å². The molecule has 0 spiro atoms. The number of nitrogens with zero attached hydrogens (tertiary/aromatic N) is 4. The lowest BCUT2D eigenvalue weighted by Crippen LogP contribution is -2.44. The molecule has 1 aromatic heterocycles. The largest absolute Gasteiger partial charge is 0.497 e. The fourth-order valence-corrected chi connectivity index (χ4v) is 10.2. The third-order valence-corrected chi connectivity index (χ3v) is 13.6. The normalized spacial score (nSPS) is 18.8. The minimum absolute atomic E-state index is 0.0625. The van der Waals surface area contributed by atoms with Crippen molar-refractivity contribution in [2.75, 3.05) is 40.6 Å². The number of amides is 2. The Labute approximate surface area is 384 Å². The van der Waals surface area contributed by atoms with Crippen LogP contribution in [0.2, 0.25) is 0 Å². The monoisotopic (exact) mass is 919 g/mol. The number of hydrogen-bond donors (Lipinski definition) is 1. The highest BCUT2D eigenvalue weighted by molar-refractivity contribution is 7.44. The van der Waals surface area contributed by atoms with Gasteiger partial charge in [0, 0.05) is 24.3 Å². The lowest BCUT2D eigenvalue weighted by Gasteiger charge is -2.39. The van der Waals surface area contributed by atoms with Gasteiger partial charge in [0.2, 0.25) is 0 Å². The maximum absolute atomic E-state index is 13.7. The second kappa shape index (κ2) is 21.5. The number of methoxy groups -OCH3 is 2. The lowest BCUT2D eigenvalue weighted by atomic mass is 9.80. The number of H-pyrrole nitrogens is 1. The van der Waals surface area contributed by atoms with Crippen LogP contribution in [-0.2, 0) is 28.9 Å². The second-order valence-electron chi connectivity index (χ2n) is 16.2. The predicted octanol–water partition coefficient (Wildman–Crippen LogP) is 6.80. The van der Waals surface area contributed by atoms with Gasteiger partial charge >= 0.3 is 5.69 Å². The quantitative estimate of drug-likeness (QED) is 0.0351. The molecule has 1 N–H and O–H groups in total. The number of nitriles is 1. The first kappa shape index (κ1) is 47.9. The van der Waals surface area contributed by atoms with Crippen molar-refractivity contribution in [3.8, 4) is 17.6 Å². The maximum atomic E-state index is 13.7. The number of carbonyl (C=O) groups is 2. The smallest absolute Gasteiger partial charge is 0.330 e. The molecule has 0 radical (unpaired) electrons. The van der Waals surface area contributed by atoms with Crippen LogP contribution < -0.4 is 20.7 Å². The van der Waals surface area contributed by atoms with E-state index in [0.29, 0.717) is 22.6 Å². The van der Waals surface area contributed by atoms with Gasteiger partial charge in [-0.15, -0.1) is 0 Å². The molecular weight excluding hydrogens is 866 g/mol. The molecule has 7 rings (SSSR count). The third kappa shape index (κ3) is 10.0. The summed E-state index contributed by atoms with van der Waals surface area (Å²) in [7, 11) is 1.23. The number of aromatic amines is 1. The van der Waals surface area contributed by atoms with Gasteiger partial charge in [0.25, 0.3) is 25.9 Å². The Kier molecular flexibility index (Phi) is 15.6. The van der Waals surface area contributed by atoms with Crippen LogP contribution in [0.15, 0.2) is 125 Å². The SMILES string of the molecule is COc1ccc(C(OC[C@H]2O[C@@H](n3ccc(=O)[nH]c3=O)[C@H](OCCN3C(=O)c4ccccc4C3=O)[C@@H]2OP(OCCC#N)N(C(C)C)C(C)C)(c2ccccc2)c2ccc(OC)cc2)cc1. The molecule has 1 unspecified atom stereocenters. The van der Waals surface area contributed by atoms with Gasteiger partial charge in [0.15, 0.2) is 6.23 Å². The van der Waals surface area contributed by atoms with E-state index in [1.54, 1.807) is 38.5 Å². The zero-order valence-electron chi connectivity index (χ0n) is 37.7. The van der Waals surface area contributed by atoms with Crippen LogP contribution in [0, 0.1) is 11.3 Å². The molecule has 346 valence electrons. The number of imide groups is 1. The summed E-state index contributed by atoms with van der Waals surface area (Å²) < 4.78 is 48.8. The van der Waals surface area contributed by atoms with E-state index in [9.17, 15) is 24.4 Å². The standard InChI is InChI=1S/C49H54N5O11P/c1-32(2)54(33(3)4)66(63-29-12-26-50)65-43-41(31-62-49(34-13-8-7-9-14-34,35-17-21-37(59-5)22-18-35)36-19-23-38(60-6)24-20-36)64-47(53-27-25-42(55)51-48(53)58)44(43)61-30-28-52-45(56)39-15-10-11-16-40(39)46(52)57/h7-11,13-25,27,32-33,41,43-44,47H,12,28-31H2,1-6H3,(H,51,55,58)/t41-,43-,44-,47-,66?/m1/s1. The third-order valence-electron chi connectivity index (χ3n) is 11.4. The number of ether oxygens (including phenoxy) is 5. The summed E-state index contributed by atoms with van der Waals surface area (Å²) in [6.07, 6.45) is -3.02. The van der Waals surface area contributed by atoms with Gasteiger partial charge in [-0.1, -0.05) is 66.7 Å². The van der Waals surface area contributed by atoms with E-state index < -0.39 is 61.7 Å². The molecule has 3 heterocycles. The van der Waals surface area contributed by atoms with Crippen LogP contribution in [0.25, 0.3) is 0 Å². The summed E-state index contributed by atoms with van der Waals surface area (Å²) in [5.74, 6) is 0.372. The van der Waals surface area contributed by atoms with Crippen molar-refractivity contribution in [1.82, 2.24) is 19.1 Å². The van der Waals surface area contributed by atoms with Crippen LogP contribution in [0.4, 0.5) is 0 Å².